The second kappa shape index (κ2) is 6.89. The lowest BCUT2D eigenvalue weighted by Crippen LogP contribution is -2.38. The monoisotopic (exact) mass is 330 g/mol. The first-order chi connectivity index (χ1) is 9.97. The fourth-order valence-electron chi connectivity index (χ4n) is 2.64. The molecular formula is C14H22N2O3S2. The van der Waals surface area contributed by atoms with Crippen LogP contribution in [0.3, 0.4) is 0 Å². The van der Waals surface area contributed by atoms with Gasteiger partial charge in [-0.15, -0.1) is 0 Å². The van der Waals surface area contributed by atoms with Gasteiger partial charge in [-0.3, -0.25) is 0 Å². The number of hydrogen-bond acceptors (Lipinski definition) is 5. The molecule has 0 heterocycles. The zero-order chi connectivity index (χ0) is 15.5. The molecule has 2 atom stereocenters. The Bertz CT molecular complexity index is 590. The van der Waals surface area contributed by atoms with Gasteiger partial charge in [0.1, 0.15) is 10.6 Å². The lowest BCUT2D eigenvalue weighted by atomic mass is 10.3. The Morgan fingerprint density at radius 3 is 2.86 bits per heavy atom. The maximum absolute atomic E-state index is 12.6. The van der Waals surface area contributed by atoms with Gasteiger partial charge < -0.3 is 10.5 Å². The van der Waals surface area contributed by atoms with Gasteiger partial charge in [-0.25, -0.2) is 13.1 Å². The molecule has 0 aromatic heterocycles. The largest absolute Gasteiger partial charge is 0.495 e. The minimum absolute atomic E-state index is 0.0118. The summed E-state index contributed by atoms with van der Waals surface area (Å²) in [6.45, 7) is 2.09. The normalized spacial score (nSPS) is 22.4. The maximum atomic E-state index is 12.6. The van der Waals surface area contributed by atoms with Crippen LogP contribution in [0.25, 0.3) is 0 Å². The number of benzene rings is 1. The van der Waals surface area contributed by atoms with E-state index in [2.05, 4.69) is 11.6 Å². The number of hydrogen-bond donors (Lipinski definition) is 2. The first kappa shape index (κ1) is 16.5. The molecule has 2 rings (SSSR count). The molecule has 0 spiro atoms. The summed E-state index contributed by atoms with van der Waals surface area (Å²) in [7, 11) is -2.15. The highest BCUT2D eigenvalue weighted by molar-refractivity contribution is 8.00. The Labute approximate surface area is 130 Å². The van der Waals surface area contributed by atoms with Crippen molar-refractivity contribution in [1.82, 2.24) is 4.72 Å². The highest BCUT2D eigenvalue weighted by atomic mass is 32.2. The molecule has 118 valence electrons. The summed E-state index contributed by atoms with van der Waals surface area (Å²) in [5.74, 6) is 1.27. The van der Waals surface area contributed by atoms with E-state index in [4.69, 9.17) is 10.5 Å². The Morgan fingerprint density at radius 2 is 2.19 bits per heavy atom. The molecule has 3 N–H and O–H groups in total. The number of nitrogen functional groups attached to an aromatic ring is 1. The van der Waals surface area contributed by atoms with E-state index < -0.39 is 10.0 Å². The molecule has 2 unspecified atom stereocenters. The fraction of sp³-hybridized carbons (Fsp3) is 0.571. The van der Waals surface area contributed by atoms with Crippen molar-refractivity contribution in [2.45, 2.75) is 42.4 Å². The Kier molecular flexibility index (Phi) is 5.40. The smallest absolute Gasteiger partial charge is 0.244 e. The summed E-state index contributed by atoms with van der Waals surface area (Å²) in [5, 5.41) is 0.351. The molecule has 0 aliphatic heterocycles. The number of nitrogens with one attached hydrogen (secondary N) is 1. The van der Waals surface area contributed by atoms with Crippen molar-refractivity contribution in [3.05, 3.63) is 18.2 Å². The second-order valence-electron chi connectivity index (χ2n) is 5.06. The molecule has 1 aliphatic rings. The Balaban J connectivity index is 2.22. The molecule has 1 fully saturated rings. The van der Waals surface area contributed by atoms with Crippen LogP contribution in [0.1, 0.15) is 26.2 Å². The third-order valence-electron chi connectivity index (χ3n) is 3.62. The van der Waals surface area contributed by atoms with E-state index in [1.807, 2.05) is 11.8 Å². The van der Waals surface area contributed by atoms with Crippen molar-refractivity contribution in [3.8, 4) is 5.75 Å². The summed E-state index contributed by atoms with van der Waals surface area (Å²) in [4.78, 5) is 0.145. The van der Waals surface area contributed by atoms with Crippen molar-refractivity contribution >= 4 is 27.5 Å². The number of ether oxygens (including phenoxy) is 1. The maximum Gasteiger partial charge on any atom is 0.244 e. The van der Waals surface area contributed by atoms with Crippen LogP contribution < -0.4 is 15.2 Å². The van der Waals surface area contributed by atoms with Crippen molar-refractivity contribution in [2.75, 3.05) is 18.6 Å². The van der Waals surface area contributed by atoms with Crippen LogP contribution in [0, 0.1) is 0 Å². The molecule has 1 aliphatic carbocycles. The minimum atomic E-state index is -3.60. The predicted molar refractivity (Wildman–Crippen MR) is 87.3 cm³/mol. The van der Waals surface area contributed by atoms with Gasteiger partial charge in [0.05, 0.1) is 7.11 Å². The summed E-state index contributed by atoms with van der Waals surface area (Å²) >= 11 is 1.82. The molecule has 0 amide bonds. The minimum Gasteiger partial charge on any atom is -0.495 e. The van der Waals surface area contributed by atoms with Crippen LogP contribution in [0.5, 0.6) is 5.75 Å². The standard InChI is InChI=1S/C14H22N2O3S2/c1-3-20-13-6-4-5-11(13)16-21(17,18)14-8-7-10(15)9-12(14)19-2/h7-9,11,13,16H,3-6,15H2,1-2H3. The summed E-state index contributed by atoms with van der Waals surface area (Å²) in [6.07, 6.45) is 3.00. The van der Waals surface area contributed by atoms with E-state index in [-0.39, 0.29) is 16.7 Å². The number of anilines is 1. The van der Waals surface area contributed by atoms with Crippen LogP contribution in [-0.4, -0.2) is 32.6 Å². The zero-order valence-electron chi connectivity index (χ0n) is 12.3. The molecule has 1 saturated carbocycles. The van der Waals surface area contributed by atoms with Crippen molar-refractivity contribution in [2.24, 2.45) is 0 Å². The van der Waals surface area contributed by atoms with E-state index >= 15 is 0 Å². The average molecular weight is 330 g/mol. The van der Waals surface area contributed by atoms with Crippen molar-refractivity contribution in [3.63, 3.8) is 0 Å². The molecule has 1 aromatic rings. The van der Waals surface area contributed by atoms with E-state index in [1.165, 1.54) is 19.2 Å². The Morgan fingerprint density at radius 1 is 1.43 bits per heavy atom. The number of sulfonamides is 1. The number of nitrogens with two attached hydrogens (primary N) is 1. The topological polar surface area (TPSA) is 81.4 Å². The fourth-order valence-corrected chi connectivity index (χ4v) is 5.39. The lowest BCUT2D eigenvalue weighted by molar-refractivity contribution is 0.402. The predicted octanol–water partition coefficient (Wildman–Crippen LogP) is 2.23. The number of methoxy groups -OCH3 is 1. The second-order valence-corrected chi connectivity index (χ2v) is 8.26. The third kappa shape index (κ3) is 3.84. The first-order valence-electron chi connectivity index (χ1n) is 7.05. The number of rotatable bonds is 6. The molecule has 0 radical (unpaired) electrons. The SMILES string of the molecule is CCSC1CCCC1NS(=O)(=O)c1ccc(N)cc1OC. The van der Waals surface area contributed by atoms with Gasteiger partial charge in [0.15, 0.2) is 0 Å². The molecule has 1 aromatic carbocycles. The van der Waals surface area contributed by atoms with E-state index in [0.717, 1.165) is 25.0 Å². The van der Waals surface area contributed by atoms with Gasteiger partial charge in [-0.05, 0) is 30.7 Å². The van der Waals surface area contributed by atoms with Gasteiger partial charge >= 0.3 is 0 Å². The molecule has 0 bridgehead atoms. The van der Waals surface area contributed by atoms with Gasteiger partial charge in [0.2, 0.25) is 10.0 Å². The van der Waals surface area contributed by atoms with Gasteiger partial charge in [0.25, 0.3) is 0 Å². The summed E-state index contributed by atoms with van der Waals surface area (Å²) in [6, 6.07) is 4.58. The van der Waals surface area contributed by atoms with Crippen molar-refractivity contribution < 1.29 is 13.2 Å². The quantitative estimate of drug-likeness (QED) is 0.782. The van der Waals surface area contributed by atoms with Gasteiger partial charge in [-0.2, -0.15) is 11.8 Å². The lowest BCUT2D eigenvalue weighted by Gasteiger charge is -2.21. The summed E-state index contributed by atoms with van der Waals surface area (Å²) < 4.78 is 33.2. The first-order valence-corrected chi connectivity index (χ1v) is 9.58. The van der Waals surface area contributed by atoms with Crippen LogP contribution in [0.4, 0.5) is 5.69 Å². The third-order valence-corrected chi connectivity index (χ3v) is 6.47. The molecule has 0 saturated heterocycles. The summed E-state index contributed by atoms with van der Waals surface area (Å²) in [5.41, 5.74) is 6.15. The van der Waals surface area contributed by atoms with Crippen LogP contribution >= 0.6 is 11.8 Å². The van der Waals surface area contributed by atoms with Crippen molar-refractivity contribution in [1.29, 1.82) is 0 Å². The molecule has 7 heteroatoms. The molecular weight excluding hydrogens is 308 g/mol. The highest BCUT2D eigenvalue weighted by Crippen LogP contribution is 2.32. The number of thioether (sulfide) groups is 1. The van der Waals surface area contributed by atoms with Crippen LogP contribution in [-0.2, 0) is 10.0 Å². The van der Waals surface area contributed by atoms with Gasteiger partial charge in [0, 0.05) is 23.0 Å². The molecule has 21 heavy (non-hydrogen) atoms. The van der Waals surface area contributed by atoms with E-state index in [0.29, 0.717) is 10.9 Å². The van der Waals surface area contributed by atoms with E-state index in [9.17, 15) is 8.42 Å². The zero-order valence-corrected chi connectivity index (χ0v) is 14.0. The van der Waals surface area contributed by atoms with Crippen LogP contribution in [0.15, 0.2) is 23.1 Å². The Hall–Kier alpha value is -0.920. The average Bonchev–Trinajstić information content (AvgIpc) is 2.85. The van der Waals surface area contributed by atoms with E-state index in [1.54, 1.807) is 6.07 Å². The molecule has 5 nitrogen and oxygen atoms in total. The van der Waals surface area contributed by atoms with Crippen LogP contribution in [0.2, 0.25) is 0 Å². The van der Waals surface area contributed by atoms with Gasteiger partial charge in [-0.1, -0.05) is 13.3 Å². The highest BCUT2D eigenvalue weighted by Gasteiger charge is 2.32.